The molecule has 8 heteroatoms. The van der Waals surface area contributed by atoms with Gasteiger partial charge in [-0.05, 0) is 44.5 Å². The molecule has 2 aromatic heterocycles. The van der Waals surface area contributed by atoms with E-state index >= 15 is 0 Å². The number of H-pyrrole nitrogens is 1. The van der Waals surface area contributed by atoms with Gasteiger partial charge < -0.3 is 14.6 Å². The molecule has 0 amide bonds. The van der Waals surface area contributed by atoms with Crippen molar-refractivity contribution in [3.63, 3.8) is 0 Å². The average Bonchev–Trinajstić information content (AvgIpc) is 3.11. The fraction of sp³-hybridized carbons (Fsp3) is 0.542. The lowest BCUT2D eigenvalue weighted by molar-refractivity contribution is 0.132. The van der Waals surface area contributed by atoms with Gasteiger partial charge in [0.05, 0.1) is 17.9 Å². The second-order valence-electron chi connectivity index (χ2n) is 8.40. The summed E-state index contributed by atoms with van der Waals surface area (Å²) in [4.78, 5) is 25.4. The van der Waals surface area contributed by atoms with Gasteiger partial charge in [-0.2, -0.15) is 0 Å². The number of aromatic amines is 1. The minimum Gasteiger partial charge on any atom is -0.493 e. The molecule has 1 fully saturated rings. The molecule has 0 spiro atoms. The van der Waals surface area contributed by atoms with E-state index in [9.17, 15) is 4.79 Å². The molecule has 1 N–H and O–H groups in total. The fourth-order valence-corrected chi connectivity index (χ4v) is 4.41. The zero-order valence-electron chi connectivity index (χ0n) is 19.6. The number of piperazine rings is 1. The van der Waals surface area contributed by atoms with Crippen LogP contribution in [0.1, 0.15) is 44.3 Å². The molecule has 0 saturated carbocycles. The molecule has 1 saturated heterocycles. The van der Waals surface area contributed by atoms with Gasteiger partial charge in [0.2, 0.25) is 0 Å². The first-order chi connectivity index (χ1) is 15.5. The summed E-state index contributed by atoms with van der Waals surface area (Å²) in [5.74, 6) is 2.05. The quantitative estimate of drug-likeness (QED) is 0.583. The molecule has 8 nitrogen and oxygen atoms in total. The van der Waals surface area contributed by atoms with Crippen molar-refractivity contribution in [2.45, 2.75) is 47.1 Å². The van der Waals surface area contributed by atoms with Gasteiger partial charge in [-0.1, -0.05) is 19.9 Å². The van der Waals surface area contributed by atoms with Gasteiger partial charge in [0.15, 0.2) is 11.3 Å². The maximum Gasteiger partial charge on any atom is 0.277 e. The summed E-state index contributed by atoms with van der Waals surface area (Å²) in [5.41, 5.74) is 3.04. The summed E-state index contributed by atoms with van der Waals surface area (Å²) in [5, 5.41) is 4.80. The van der Waals surface area contributed by atoms with Gasteiger partial charge in [0.25, 0.3) is 5.56 Å². The van der Waals surface area contributed by atoms with Crippen molar-refractivity contribution in [3.8, 4) is 17.1 Å². The molecule has 3 aromatic rings. The average molecular weight is 439 g/mol. The van der Waals surface area contributed by atoms with Crippen LogP contribution in [0.5, 0.6) is 5.75 Å². The highest BCUT2D eigenvalue weighted by molar-refractivity contribution is 5.66. The second-order valence-corrected chi connectivity index (χ2v) is 8.40. The van der Waals surface area contributed by atoms with Crippen LogP contribution in [0.3, 0.4) is 0 Å². The summed E-state index contributed by atoms with van der Waals surface area (Å²) >= 11 is 0. The molecule has 0 radical (unpaired) electrons. The van der Waals surface area contributed by atoms with Crippen LogP contribution in [0.2, 0.25) is 0 Å². The molecule has 1 aromatic carbocycles. The van der Waals surface area contributed by atoms with Crippen molar-refractivity contribution in [1.29, 1.82) is 0 Å². The summed E-state index contributed by atoms with van der Waals surface area (Å²) < 4.78 is 7.60. The number of hydrogen-bond donors (Lipinski definition) is 1. The molecular weight excluding hydrogens is 404 g/mol. The van der Waals surface area contributed by atoms with E-state index in [2.05, 4.69) is 45.7 Å². The van der Waals surface area contributed by atoms with E-state index in [1.54, 1.807) is 4.52 Å². The molecule has 172 valence electrons. The fourth-order valence-electron chi connectivity index (χ4n) is 4.41. The van der Waals surface area contributed by atoms with Crippen molar-refractivity contribution in [1.82, 2.24) is 29.4 Å². The van der Waals surface area contributed by atoms with Crippen molar-refractivity contribution in [2.75, 3.05) is 39.3 Å². The van der Waals surface area contributed by atoms with Crippen LogP contribution in [0.25, 0.3) is 16.9 Å². The van der Waals surface area contributed by atoms with Gasteiger partial charge >= 0.3 is 0 Å². The first kappa shape index (κ1) is 22.5. The number of ether oxygens (including phenoxy) is 1. The third-order valence-corrected chi connectivity index (χ3v) is 6.13. The lowest BCUT2D eigenvalue weighted by Gasteiger charge is -2.34. The van der Waals surface area contributed by atoms with E-state index in [1.807, 2.05) is 19.9 Å². The highest BCUT2D eigenvalue weighted by Gasteiger charge is 2.19. The summed E-state index contributed by atoms with van der Waals surface area (Å²) in [7, 11) is 0. The molecule has 3 heterocycles. The summed E-state index contributed by atoms with van der Waals surface area (Å²) in [6.45, 7) is 15.0. The minimum atomic E-state index is -0.175. The van der Waals surface area contributed by atoms with E-state index < -0.39 is 0 Å². The zero-order chi connectivity index (χ0) is 22.7. The van der Waals surface area contributed by atoms with Crippen LogP contribution in [0.15, 0.2) is 23.0 Å². The number of hydrogen-bond acceptors (Lipinski definition) is 6. The van der Waals surface area contributed by atoms with Crippen LogP contribution in [0.4, 0.5) is 0 Å². The van der Waals surface area contributed by atoms with Crippen LogP contribution in [-0.4, -0.2) is 68.7 Å². The maximum absolute atomic E-state index is 12.9. The third-order valence-electron chi connectivity index (χ3n) is 6.13. The minimum absolute atomic E-state index is 0.175. The Labute approximate surface area is 189 Å². The van der Waals surface area contributed by atoms with Gasteiger partial charge in [-0.25, -0.2) is 9.50 Å². The topological polar surface area (TPSA) is 78.8 Å². The Balaban J connectivity index is 1.71. The predicted octanol–water partition coefficient (Wildman–Crippen LogP) is 2.88. The molecular formula is C24H34N6O2. The number of likely N-dealkylation sites (N-methyl/N-ethyl adjacent to an activating group) is 1. The largest absolute Gasteiger partial charge is 0.493 e. The van der Waals surface area contributed by atoms with Gasteiger partial charge in [0.1, 0.15) is 11.6 Å². The maximum atomic E-state index is 12.9. The van der Waals surface area contributed by atoms with Crippen molar-refractivity contribution >= 4 is 5.52 Å². The van der Waals surface area contributed by atoms with E-state index in [0.29, 0.717) is 23.6 Å². The number of aromatic nitrogens is 4. The van der Waals surface area contributed by atoms with Gasteiger partial charge in [-0.15, -0.1) is 5.10 Å². The molecule has 32 heavy (non-hydrogen) atoms. The monoisotopic (exact) mass is 438 g/mol. The number of rotatable bonds is 8. The second kappa shape index (κ2) is 9.83. The Kier molecular flexibility index (Phi) is 6.91. The number of benzene rings is 1. The Morgan fingerprint density at radius 3 is 2.53 bits per heavy atom. The Hall–Kier alpha value is -2.71. The third kappa shape index (κ3) is 4.56. The lowest BCUT2D eigenvalue weighted by Crippen LogP contribution is -2.45. The molecule has 0 aliphatic carbocycles. The number of nitrogens with zero attached hydrogens (tertiary/aromatic N) is 5. The van der Waals surface area contributed by atoms with E-state index in [4.69, 9.17) is 9.84 Å². The Bertz CT molecular complexity index is 1130. The van der Waals surface area contributed by atoms with Gasteiger partial charge in [0, 0.05) is 39.1 Å². The number of imidazole rings is 1. The molecule has 0 unspecified atom stereocenters. The lowest BCUT2D eigenvalue weighted by atomic mass is 10.1. The van der Waals surface area contributed by atoms with Crippen LogP contribution in [-0.2, 0) is 13.0 Å². The summed E-state index contributed by atoms with van der Waals surface area (Å²) in [6, 6.07) is 6.21. The number of nitrogens with one attached hydrogen (secondary N) is 1. The SMILES string of the molecule is CCCc1nc(C)c2c(=O)[nH]c(-c3cc(CN4CCN(CC)CC4)ccc3OCC)nn12. The Morgan fingerprint density at radius 1 is 1.09 bits per heavy atom. The molecule has 0 bridgehead atoms. The van der Waals surface area contributed by atoms with Crippen molar-refractivity contribution in [3.05, 3.63) is 45.6 Å². The first-order valence-corrected chi connectivity index (χ1v) is 11.7. The van der Waals surface area contributed by atoms with E-state index in [0.717, 1.165) is 69.2 Å². The highest BCUT2D eigenvalue weighted by Crippen LogP contribution is 2.29. The highest BCUT2D eigenvalue weighted by atomic mass is 16.5. The van der Waals surface area contributed by atoms with Crippen molar-refractivity contribution < 1.29 is 4.74 Å². The summed E-state index contributed by atoms with van der Waals surface area (Å²) in [6.07, 6.45) is 1.71. The van der Waals surface area contributed by atoms with Crippen molar-refractivity contribution in [2.24, 2.45) is 0 Å². The molecule has 1 aliphatic heterocycles. The van der Waals surface area contributed by atoms with Crippen LogP contribution >= 0.6 is 0 Å². The standard InChI is InChI=1S/C24H34N6O2/c1-5-8-21-25-17(4)22-24(31)26-23(27-30(21)22)19-15-18(9-10-20(19)32-7-3)16-29-13-11-28(6-2)12-14-29/h9-10,15H,5-8,11-14,16H2,1-4H3,(H,26,27,31). The number of aryl methyl sites for hydroxylation is 2. The zero-order valence-corrected chi connectivity index (χ0v) is 19.6. The van der Waals surface area contributed by atoms with Crippen LogP contribution < -0.4 is 10.3 Å². The van der Waals surface area contributed by atoms with Gasteiger partial charge in [-0.3, -0.25) is 9.69 Å². The van der Waals surface area contributed by atoms with E-state index in [1.165, 1.54) is 5.56 Å². The molecule has 1 aliphatic rings. The first-order valence-electron chi connectivity index (χ1n) is 11.7. The van der Waals surface area contributed by atoms with Crippen LogP contribution in [0, 0.1) is 6.92 Å². The molecule has 4 rings (SSSR count). The van der Waals surface area contributed by atoms with E-state index in [-0.39, 0.29) is 5.56 Å². The smallest absolute Gasteiger partial charge is 0.277 e. The predicted molar refractivity (Wildman–Crippen MR) is 126 cm³/mol. The Morgan fingerprint density at radius 2 is 1.84 bits per heavy atom. The molecule has 0 atom stereocenters. The normalized spacial score (nSPS) is 15.5. The number of fused-ring (bicyclic) bond motifs is 1.